The zero-order chi connectivity index (χ0) is 21.4. The molecule has 4 rings (SSSR count). The van der Waals surface area contributed by atoms with E-state index in [1.807, 2.05) is 11.5 Å². The maximum absolute atomic E-state index is 13.0. The highest BCUT2D eigenvalue weighted by molar-refractivity contribution is 5.73. The number of imidazole rings is 1. The van der Waals surface area contributed by atoms with Crippen LogP contribution in [0.15, 0.2) is 23.3 Å². The van der Waals surface area contributed by atoms with Gasteiger partial charge in [0.15, 0.2) is 5.65 Å². The molecule has 0 atom stereocenters. The molecule has 30 heavy (non-hydrogen) atoms. The van der Waals surface area contributed by atoms with Crippen molar-refractivity contribution >= 4 is 22.8 Å². The number of nitrogens with zero attached hydrogens (tertiary/aromatic N) is 5. The summed E-state index contributed by atoms with van der Waals surface area (Å²) in [6.07, 6.45) is 7.37. The Kier molecular flexibility index (Phi) is 5.33. The summed E-state index contributed by atoms with van der Waals surface area (Å²) in [4.78, 5) is 22.1. The molecule has 0 radical (unpaired) electrons. The fourth-order valence-electron chi connectivity index (χ4n) is 4.15. The Labute approximate surface area is 174 Å². The molecule has 0 bridgehead atoms. The number of methoxy groups -OCH3 is 1. The van der Waals surface area contributed by atoms with E-state index in [2.05, 4.69) is 15.7 Å². The van der Waals surface area contributed by atoms with Gasteiger partial charge in [-0.2, -0.15) is 4.98 Å². The Morgan fingerprint density at radius 3 is 2.67 bits per heavy atom. The fourth-order valence-corrected chi connectivity index (χ4v) is 4.15. The van der Waals surface area contributed by atoms with Crippen LogP contribution in [0.25, 0.3) is 11.2 Å². The Hall–Kier alpha value is -3.14. The first-order valence-corrected chi connectivity index (χ1v) is 10.1. The number of nitrogens with one attached hydrogen (secondary N) is 3. The number of anilines is 2. The highest BCUT2D eigenvalue weighted by atomic mass is 16.5. The molecule has 0 aliphatic heterocycles. The molecule has 1 aliphatic carbocycles. The second kappa shape index (κ2) is 7.94. The van der Waals surface area contributed by atoms with Gasteiger partial charge in [-0.15, -0.1) is 0 Å². The van der Waals surface area contributed by atoms with Gasteiger partial charge in [0.05, 0.1) is 24.2 Å². The summed E-state index contributed by atoms with van der Waals surface area (Å²) >= 11 is 0. The molecule has 10 nitrogen and oxygen atoms in total. The average molecular weight is 412 g/mol. The third-order valence-electron chi connectivity index (χ3n) is 5.96. The summed E-state index contributed by atoms with van der Waals surface area (Å²) in [5, 5.41) is 11.2. The molecule has 0 amide bonds. The topological polar surface area (TPSA) is 115 Å². The molecule has 3 aromatic rings. The first-order chi connectivity index (χ1) is 14.4. The van der Waals surface area contributed by atoms with Crippen LogP contribution in [-0.2, 0) is 11.8 Å². The highest BCUT2D eigenvalue weighted by Crippen LogP contribution is 2.31. The lowest BCUT2D eigenvalue weighted by atomic mass is 9.93. The maximum Gasteiger partial charge on any atom is 0.330 e. The van der Waals surface area contributed by atoms with Crippen molar-refractivity contribution in [3.8, 4) is 0 Å². The van der Waals surface area contributed by atoms with E-state index >= 15 is 0 Å². The van der Waals surface area contributed by atoms with Gasteiger partial charge < -0.3 is 15.5 Å². The van der Waals surface area contributed by atoms with Crippen molar-refractivity contribution in [2.75, 3.05) is 24.9 Å². The lowest BCUT2D eigenvalue weighted by Gasteiger charge is -2.28. The van der Waals surface area contributed by atoms with Crippen LogP contribution >= 0.6 is 0 Å². The molecule has 10 heteroatoms. The molecule has 3 aromatic heterocycles. The number of hydrogen-bond donors (Lipinski definition) is 3. The fraction of sp³-hybridized carbons (Fsp3) is 0.500. The van der Waals surface area contributed by atoms with Gasteiger partial charge in [0.25, 0.3) is 0 Å². The molecule has 1 fully saturated rings. The number of pyridine rings is 1. The second-order valence-electron chi connectivity index (χ2n) is 7.75. The quantitative estimate of drug-likeness (QED) is 0.588. The Morgan fingerprint density at radius 2 is 2.00 bits per heavy atom. The minimum Gasteiger partial charge on any atom is -0.381 e. The van der Waals surface area contributed by atoms with Crippen molar-refractivity contribution in [1.29, 1.82) is 5.41 Å². The number of rotatable bonds is 5. The van der Waals surface area contributed by atoms with E-state index in [1.165, 1.54) is 0 Å². The molecule has 0 spiro atoms. The number of ether oxygens (including phenoxy) is 1. The smallest absolute Gasteiger partial charge is 0.330 e. The van der Waals surface area contributed by atoms with Crippen molar-refractivity contribution in [3.05, 3.63) is 40.0 Å². The standard InChI is InChI=1S/C20H28N8O2/c1-12-9-17(21)27(22-2)11-15(12)24-19-23-10-16-18(25-19)28(20(29)26(16)3)13-5-7-14(30-4)8-6-13/h9-11,13-14,21-22H,5-8H2,1-4H3,(H,23,24,25). The summed E-state index contributed by atoms with van der Waals surface area (Å²) in [5.41, 5.74) is 6.25. The van der Waals surface area contributed by atoms with Gasteiger partial charge in [-0.1, -0.05) is 0 Å². The third-order valence-corrected chi connectivity index (χ3v) is 5.96. The van der Waals surface area contributed by atoms with E-state index in [9.17, 15) is 4.79 Å². The zero-order valence-corrected chi connectivity index (χ0v) is 17.8. The van der Waals surface area contributed by atoms with Crippen molar-refractivity contribution in [1.82, 2.24) is 23.8 Å². The summed E-state index contributed by atoms with van der Waals surface area (Å²) in [7, 11) is 5.25. The molecular weight excluding hydrogens is 384 g/mol. The van der Waals surface area contributed by atoms with Crippen LogP contribution in [-0.4, -0.2) is 44.0 Å². The summed E-state index contributed by atoms with van der Waals surface area (Å²) in [5.74, 6) is 0.413. The lowest BCUT2D eigenvalue weighted by Crippen LogP contribution is -2.30. The van der Waals surface area contributed by atoms with E-state index < -0.39 is 0 Å². The predicted molar refractivity (Wildman–Crippen MR) is 115 cm³/mol. The van der Waals surface area contributed by atoms with Crippen molar-refractivity contribution < 1.29 is 4.74 Å². The second-order valence-corrected chi connectivity index (χ2v) is 7.75. The minimum absolute atomic E-state index is 0.0694. The monoisotopic (exact) mass is 412 g/mol. The van der Waals surface area contributed by atoms with Crippen LogP contribution in [0.2, 0.25) is 0 Å². The van der Waals surface area contributed by atoms with Crippen LogP contribution < -0.4 is 21.9 Å². The summed E-state index contributed by atoms with van der Waals surface area (Å²) < 4.78 is 10.5. The molecule has 1 saturated carbocycles. The lowest BCUT2D eigenvalue weighted by molar-refractivity contribution is 0.0584. The van der Waals surface area contributed by atoms with Crippen molar-refractivity contribution in [2.24, 2.45) is 7.05 Å². The normalized spacial score (nSPS) is 19.2. The number of hydrogen-bond acceptors (Lipinski definition) is 7. The van der Waals surface area contributed by atoms with Gasteiger partial charge in [0.1, 0.15) is 11.0 Å². The summed E-state index contributed by atoms with van der Waals surface area (Å²) in [6.45, 7) is 1.92. The highest BCUT2D eigenvalue weighted by Gasteiger charge is 2.26. The number of fused-ring (bicyclic) bond motifs is 1. The number of aromatic nitrogens is 5. The molecule has 0 unspecified atom stereocenters. The van der Waals surface area contributed by atoms with E-state index in [0.29, 0.717) is 22.6 Å². The minimum atomic E-state index is -0.0694. The van der Waals surface area contributed by atoms with Gasteiger partial charge in [-0.05, 0) is 44.2 Å². The van der Waals surface area contributed by atoms with Gasteiger partial charge in [-0.25, -0.2) is 14.5 Å². The number of aryl methyl sites for hydroxylation is 2. The Bertz CT molecular complexity index is 1180. The van der Waals surface area contributed by atoms with Gasteiger partial charge >= 0.3 is 5.69 Å². The average Bonchev–Trinajstić information content (AvgIpc) is 3.00. The van der Waals surface area contributed by atoms with Crippen molar-refractivity contribution in [2.45, 2.75) is 44.8 Å². The van der Waals surface area contributed by atoms with E-state index in [-0.39, 0.29) is 17.8 Å². The van der Waals surface area contributed by atoms with Gasteiger partial charge in [0, 0.05) is 27.2 Å². The zero-order valence-electron chi connectivity index (χ0n) is 17.8. The Morgan fingerprint density at radius 1 is 1.27 bits per heavy atom. The summed E-state index contributed by atoms with van der Waals surface area (Å²) in [6, 6.07) is 1.86. The van der Waals surface area contributed by atoms with Crippen LogP contribution in [0.1, 0.15) is 37.3 Å². The predicted octanol–water partition coefficient (Wildman–Crippen LogP) is 1.77. The van der Waals surface area contributed by atoms with Crippen LogP contribution in [0.3, 0.4) is 0 Å². The van der Waals surface area contributed by atoms with E-state index in [4.69, 9.17) is 15.1 Å². The van der Waals surface area contributed by atoms with E-state index in [0.717, 1.165) is 36.9 Å². The SMILES string of the molecule is CNn1cc(Nc2ncc3c(n2)n(C2CCC(OC)CC2)c(=O)n3C)c(C)cc1=N. The molecule has 3 heterocycles. The first kappa shape index (κ1) is 20.1. The molecule has 1 aliphatic rings. The molecular formula is C20H28N8O2. The van der Waals surface area contributed by atoms with Gasteiger partial charge in [-0.3, -0.25) is 14.5 Å². The maximum atomic E-state index is 13.0. The van der Waals surface area contributed by atoms with E-state index in [1.54, 1.807) is 48.9 Å². The van der Waals surface area contributed by atoms with Crippen molar-refractivity contribution in [3.63, 3.8) is 0 Å². The molecule has 3 N–H and O–H groups in total. The van der Waals surface area contributed by atoms with Crippen LogP contribution in [0, 0.1) is 12.3 Å². The molecule has 0 aromatic carbocycles. The van der Waals surface area contributed by atoms with Crippen LogP contribution in [0.5, 0.6) is 0 Å². The van der Waals surface area contributed by atoms with Gasteiger partial charge in [0.2, 0.25) is 5.95 Å². The Balaban J connectivity index is 1.72. The van der Waals surface area contributed by atoms with Crippen LogP contribution in [0.4, 0.5) is 11.6 Å². The third kappa shape index (κ3) is 3.47. The largest absolute Gasteiger partial charge is 0.381 e. The first-order valence-electron chi connectivity index (χ1n) is 10.1. The molecule has 0 saturated heterocycles. The molecule has 160 valence electrons.